The number of hydrogen-bond acceptors (Lipinski definition) is 3. The largest absolute Gasteiger partial charge is 0.489 e. The van der Waals surface area contributed by atoms with Crippen molar-refractivity contribution in [2.24, 2.45) is 0 Å². The number of amides is 1. The molecule has 1 amide bonds. The number of Topliss-reactive ketones (excluding diaryl/α,β-unsaturated/α-hetero) is 1. The van der Waals surface area contributed by atoms with Gasteiger partial charge in [0.05, 0.1) is 5.02 Å². The number of nitrogens with zero attached hydrogens (tertiary/aromatic N) is 1. The molecule has 0 aromatic heterocycles. The minimum absolute atomic E-state index is 0.0241. The standard InChI is InChI=1S/C16H18ClNO4/c1-9(19)13-3-2-4-14(15(13)17)22-12-7-10-5-6-11(8-12)18(10)16(20)21/h2-4,10-12H,5-8H2,1H3,(H,20,21)/t10-,11+,12?. The number of carbonyl (C=O) groups excluding carboxylic acids is 1. The Bertz CT molecular complexity index is 604. The van der Waals surface area contributed by atoms with Crippen LogP contribution in [0.15, 0.2) is 18.2 Å². The third kappa shape index (κ3) is 2.65. The molecule has 2 saturated heterocycles. The molecule has 3 atom stereocenters. The molecular formula is C16H18ClNO4. The summed E-state index contributed by atoms with van der Waals surface area (Å²) >= 11 is 6.24. The molecule has 0 radical (unpaired) electrons. The van der Waals surface area contributed by atoms with Gasteiger partial charge in [0, 0.05) is 30.5 Å². The first-order valence-corrected chi connectivity index (χ1v) is 7.82. The summed E-state index contributed by atoms with van der Waals surface area (Å²) in [6.45, 7) is 1.47. The van der Waals surface area contributed by atoms with Crippen LogP contribution in [0.3, 0.4) is 0 Å². The van der Waals surface area contributed by atoms with Crippen LogP contribution in [0, 0.1) is 0 Å². The van der Waals surface area contributed by atoms with E-state index in [4.69, 9.17) is 16.3 Å². The van der Waals surface area contributed by atoms with Gasteiger partial charge >= 0.3 is 6.09 Å². The number of piperidine rings is 1. The molecule has 1 aromatic rings. The summed E-state index contributed by atoms with van der Waals surface area (Å²) < 4.78 is 5.98. The predicted molar refractivity (Wildman–Crippen MR) is 81.8 cm³/mol. The van der Waals surface area contributed by atoms with Crippen LogP contribution in [-0.4, -0.2) is 40.1 Å². The molecule has 118 valence electrons. The number of ether oxygens (including phenoxy) is 1. The smallest absolute Gasteiger partial charge is 0.407 e. The zero-order valence-corrected chi connectivity index (χ0v) is 13.0. The van der Waals surface area contributed by atoms with Crippen molar-refractivity contribution in [1.82, 2.24) is 4.90 Å². The molecule has 2 aliphatic heterocycles. The van der Waals surface area contributed by atoms with E-state index in [1.165, 1.54) is 6.92 Å². The van der Waals surface area contributed by atoms with Crippen molar-refractivity contribution in [3.05, 3.63) is 28.8 Å². The first kappa shape index (κ1) is 15.2. The SMILES string of the molecule is CC(=O)c1cccc(OC2C[C@H]3CC[C@@H](C2)N3C(=O)O)c1Cl. The van der Waals surface area contributed by atoms with Gasteiger partial charge in [-0.15, -0.1) is 0 Å². The van der Waals surface area contributed by atoms with Gasteiger partial charge in [0.15, 0.2) is 5.78 Å². The molecule has 0 aliphatic carbocycles. The van der Waals surface area contributed by atoms with Gasteiger partial charge in [0.1, 0.15) is 11.9 Å². The van der Waals surface area contributed by atoms with E-state index in [1.807, 2.05) is 0 Å². The lowest BCUT2D eigenvalue weighted by Gasteiger charge is -2.37. The molecule has 0 spiro atoms. The van der Waals surface area contributed by atoms with E-state index in [0.717, 1.165) is 12.8 Å². The second-order valence-corrected chi connectivity index (χ2v) is 6.34. The molecule has 5 nitrogen and oxygen atoms in total. The highest BCUT2D eigenvalue weighted by Gasteiger charge is 2.44. The van der Waals surface area contributed by atoms with Crippen LogP contribution in [0.5, 0.6) is 5.75 Å². The lowest BCUT2D eigenvalue weighted by atomic mass is 10.00. The van der Waals surface area contributed by atoms with Gasteiger partial charge in [0.2, 0.25) is 0 Å². The first-order chi connectivity index (χ1) is 10.5. The van der Waals surface area contributed by atoms with Gasteiger partial charge in [-0.1, -0.05) is 17.7 Å². The van der Waals surface area contributed by atoms with Gasteiger partial charge in [-0.25, -0.2) is 4.79 Å². The Hall–Kier alpha value is -1.75. The van der Waals surface area contributed by atoms with E-state index in [2.05, 4.69) is 0 Å². The highest BCUT2D eigenvalue weighted by molar-refractivity contribution is 6.35. The lowest BCUT2D eigenvalue weighted by molar-refractivity contribution is 0.0495. The van der Waals surface area contributed by atoms with Gasteiger partial charge in [-0.3, -0.25) is 4.79 Å². The van der Waals surface area contributed by atoms with Crippen molar-refractivity contribution in [3.8, 4) is 5.75 Å². The minimum atomic E-state index is -0.845. The molecule has 2 aliphatic rings. The summed E-state index contributed by atoms with van der Waals surface area (Å²) in [7, 11) is 0. The number of hydrogen-bond donors (Lipinski definition) is 1. The normalized spacial score (nSPS) is 26.8. The number of carboxylic acid groups (broad SMARTS) is 1. The second-order valence-electron chi connectivity index (χ2n) is 5.96. The third-order valence-electron chi connectivity index (χ3n) is 4.55. The average molecular weight is 324 g/mol. The first-order valence-electron chi connectivity index (χ1n) is 7.44. The maximum absolute atomic E-state index is 11.5. The Morgan fingerprint density at radius 2 is 1.91 bits per heavy atom. The highest BCUT2D eigenvalue weighted by atomic mass is 35.5. The predicted octanol–water partition coefficient (Wildman–Crippen LogP) is 3.59. The van der Waals surface area contributed by atoms with E-state index in [1.54, 1.807) is 23.1 Å². The Kier molecular flexibility index (Phi) is 4.00. The number of benzene rings is 1. The Labute approximate surface area is 133 Å². The van der Waals surface area contributed by atoms with Crippen LogP contribution in [0.1, 0.15) is 43.0 Å². The Morgan fingerprint density at radius 3 is 2.45 bits per heavy atom. The number of rotatable bonds is 3. The van der Waals surface area contributed by atoms with Crippen molar-refractivity contribution in [3.63, 3.8) is 0 Å². The quantitative estimate of drug-likeness (QED) is 0.863. The van der Waals surface area contributed by atoms with Gasteiger partial charge < -0.3 is 14.7 Å². The van der Waals surface area contributed by atoms with E-state index in [9.17, 15) is 14.7 Å². The van der Waals surface area contributed by atoms with Crippen molar-refractivity contribution in [2.45, 2.75) is 50.8 Å². The summed E-state index contributed by atoms with van der Waals surface area (Å²) in [5.41, 5.74) is 0.449. The Balaban J connectivity index is 1.75. The minimum Gasteiger partial charge on any atom is -0.489 e. The van der Waals surface area contributed by atoms with Crippen molar-refractivity contribution in [1.29, 1.82) is 0 Å². The van der Waals surface area contributed by atoms with E-state index in [-0.39, 0.29) is 24.0 Å². The highest BCUT2D eigenvalue weighted by Crippen LogP contribution is 2.38. The van der Waals surface area contributed by atoms with Crippen LogP contribution in [-0.2, 0) is 0 Å². The number of halogens is 1. The second kappa shape index (κ2) is 5.80. The van der Waals surface area contributed by atoms with Crippen molar-refractivity contribution in [2.75, 3.05) is 0 Å². The van der Waals surface area contributed by atoms with Gasteiger partial charge in [-0.2, -0.15) is 0 Å². The zero-order valence-electron chi connectivity index (χ0n) is 12.3. The van der Waals surface area contributed by atoms with E-state index >= 15 is 0 Å². The van der Waals surface area contributed by atoms with E-state index < -0.39 is 6.09 Å². The molecule has 0 saturated carbocycles. The summed E-state index contributed by atoms with van der Waals surface area (Å²) in [6, 6.07) is 5.22. The molecule has 6 heteroatoms. The number of ketones is 1. The molecule has 1 N–H and O–H groups in total. The summed E-state index contributed by atoms with van der Waals surface area (Å²) in [6.07, 6.45) is 2.21. The van der Waals surface area contributed by atoms with Gasteiger partial charge in [-0.05, 0) is 31.9 Å². The van der Waals surface area contributed by atoms with E-state index in [0.29, 0.717) is 29.2 Å². The molecule has 2 bridgehead atoms. The number of carbonyl (C=O) groups is 2. The van der Waals surface area contributed by atoms with Gasteiger partial charge in [0.25, 0.3) is 0 Å². The monoisotopic (exact) mass is 323 g/mol. The molecule has 3 rings (SSSR count). The number of fused-ring (bicyclic) bond motifs is 2. The molecule has 1 unspecified atom stereocenters. The maximum atomic E-state index is 11.5. The molecule has 2 heterocycles. The maximum Gasteiger partial charge on any atom is 0.407 e. The lowest BCUT2D eigenvalue weighted by Crippen LogP contribution is -2.48. The molecule has 22 heavy (non-hydrogen) atoms. The third-order valence-corrected chi connectivity index (χ3v) is 4.94. The van der Waals surface area contributed by atoms with Crippen molar-refractivity contribution >= 4 is 23.5 Å². The molecule has 1 aromatic carbocycles. The fourth-order valence-electron chi connectivity index (χ4n) is 3.59. The van der Waals surface area contributed by atoms with Crippen molar-refractivity contribution < 1.29 is 19.4 Å². The zero-order chi connectivity index (χ0) is 15.9. The van der Waals surface area contributed by atoms with Crippen LogP contribution in [0.25, 0.3) is 0 Å². The average Bonchev–Trinajstić information content (AvgIpc) is 2.73. The summed E-state index contributed by atoms with van der Waals surface area (Å²) in [5.74, 6) is 0.402. The van der Waals surface area contributed by atoms with Crippen LogP contribution in [0.2, 0.25) is 5.02 Å². The topological polar surface area (TPSA) is 66.8 Å². The summed E-state index contributed by atoms with van der Waals surface area (Å²) in [5, 5.41) is 9.60. The Morgan fingerprint density at radius 1 is 1.27 bits per heavy atom. The molecular weight excluding hydrogens is 306 g/mol. The fourth-order valence-corrected chi connectivity index (χ4v) is 3.89. The fraction of sp³-hybridized carbons (Fsp3) is 0.500. The van der Waals surface area contributed by atoms with Crippen LogP contribution >= 0.6 is 11.6 Å². The molecule has 2 fully saturated rings. The summed E-state index contributed by atoms with van der Waals surface area (Å²) in [4.78, 5) is 24.4. The van der Waals surface area contributed by atoms with Crippen LogP contribution < -0.4 is 4.74 Å². The van der Waals surface area contributed by atoms with Crippen LogP contribution in [0.4, 0.5) is 4.79 Å².